The second-order valence-electron chi connectivity index (χ2n) is 2.97. The lowest BCUT2D eigenvalue weighted by atomic mass is 11.0. The van der Waals surface area contributed by atoms with Gasteiger partial charge in [-0.1, -0.05) is 0 Å². The summed E-state index contributed by atoms with van der Waals surface area (Å²) in [4.78, 5) is 0. The first-order chi connectivity index (χ1) is 4.87. The molecular formula is C6H12F2O2Si. The minimum atomic E-state index is -1.97. The maximum absolute atomic E-state index is 11.9. The molecule has 11 heavy (non-hydrogen) atoms. The molecule has 0 saturated carbocycles. The molecule has 0 aromatic rings. The molecule has 0 saturated heterocycles. The van der Waals surface area contributed by atoms with Crippen LogP contribution in [0.15, 0.2) is 12.0 Å². The fraction of sp³-hybridized carbons (Fsp3) is 0.667. The third kappa shape index (κ3) is 4.77. The van der Waals surface area contributed by atoms with Crippen LogP contribution in [0.3, 0.4) is 0 Å². The van der Waals surface area contributed by atoms with E-state index in [1.165, 1.54) is 0 Å². The van der Waals surface area contributed by atoms with Gasteiger partial charge in [0.2, 0.25) is 8.32 Å². The first-order valence-electron chi connectivity index (χ1n) is 3.15. The largest absolute Gasteiger partial charge is 0.516 e. The number of rotatable bonds is 3. The third-order valence-electron chi connectivity index (χ3n) is 0.739. The van der Waals surface area contributed by atoms with Crippen molar-refractivity contribution >= 4 is 8.32 Å². The zero-order valence-corrected chi connectivity index (χ0v) is 8.07. The predicted molar refractivity (Wildman–Crippen MR) is 40.7 cm³/mol. The first kappa shape index (κ1) is 10.4. The van der Waals surface area contributed by atoms with Crippen molar-refractivity contribution in [2.75, 3.05) is 7.11 Å². The molecule has 2 nitrogen and oxygen atoms in total. The molecule has 0 bridgehead atoms. The summed E-state index contributed by atoms with van der Waals surface area (Å²) in [7, 11) is -0.806. The molecule has 5 heteroatoms. The Balaban J connectivity index is 4.23. The van der Waals surface area contributed by atoms with Crippen molar-refractivity contribution in [2.24, 2.45) is 0 Å². The second-order valence-corrected chi connectivity index (χ2v) is 7.40. The van der Waals surface area contributed by atoms with E-state index in [1.807, 2.05) is 0 Å². The standard InChI is InChI=1S/C6H12F2O2Si/c1-9-6(5(7)8)10-11(2,3)4/h1-4H3. The number of hydrogen-bond donors (Lipinski definition) is 0. The molecule has 0 rings (SSSR count). The van der Waals surface area contributed by atoms with Crippen LogP contribution in [0.4, 0.5) is 8.78 Å². The highest BCUT2D eigenvalue weighted by Gasteiger charge is 2.21. The monoisotopic (exact) mass is 182 g/mol. The van der Waals surface area contributed by atoms with Crippen LogP contribution in [0.25, 0.3) is 0 Å². The molecular weight excluding hydrogens is 170 g/mol. The summed E-state index contributed by atoms with van der Waals surface area (Å²) in [5.74, 6) is -0.649. The Hall–Kier alpha value is -0.583. The Bertz CT molecular complexity index is 158. The maximum atomic E-state index is 11.9. The SMILES string of the molecule is COC(O[Si](C)(C)C)=C(F)F. The molecule has 0 amide bonds. The van der Waals surface area contributed by atoms with Crippen LogP contribution in [0.5, 0.6) is 0 Å². The zero-order chi connectivity index (χ0) is 9.07. The van der Waals surface area contributed by atoms with Gasteiger partial charge in [-0.3, -0.25) is 0 Å². The number of methoxy groups -OCH3 is 1. The van der Waals surface area contributed by atoms with Crippen LogP contribution in [-0.4, -0.2) is 15.4 Å². The summed E-state index contributed by atoms with van der Waals surface area (Å²) >= 11 is 0. The van der Waals surface area contributed by atoms with Crippen LogP contribution >= 0.6 is 0 Å². The van der Waals surface area contributed by atoms with Gasteiger partial charge in [0.25, 0.3) is 0 Å². The Kier molecular flexibility index (Phi) is 3.51. The summed E-state index contributed by atoms with van der Waals surface area (Å²) in [6, 6.07) is 0. The normalized spacial score (nSPS) is 10.7. The van der Waals surface area contributed by atoms with E-state index in [9.17, 15) is 8.78 Å². The summed E-state index contributed by atoms with van der Waals surface area (Å²) in [6.07, 6.45) is -1.91. The van der Waals surface area contributed by atoms with Crippen molar-refractivity contribution in [1.29, 1.82) is 0 Å². The van der Waals surface area contributed by atoms with E-state index in [0.29, 0.717) is 0 Å². The zero-order valence-electron chi connectivity index (χ0n) is 7.07. The van der Waals surface area contributed by atoms with Crippen molar-refractivity contribution < 1.29 is 17.9 Å². The smallest absolute Gasteiger partial charge is 0.348 e. The van der Waals surface area contributed by atoms with Crippen LogP contribution in [0.2, 0.25) is 19.6 Å². The quantitative estimate of drug-likeness (QED) is 0.493. The van der Waals surface area contributed by atoms with Crippen molar-refractivity contribution in [3.8, 4) is 0 Å². The van der Waals surface area contributed by atoms with Gasteiger partial charge in [0.05, 0.1) is 7.11 Å². The predicted octanol–water partition coefficient (Wildman–Crippen LogP) is 2.55. The topological polar surface area (TPSA) is 18.5 Å². The Morgan fingerprint density at radius 1 is 1.18 bits per heavy atom. The summed E-state index contributed by atoms with van der Waals surface area (Å²) in [6.45, 7) is 5.40. The number of ether oxygens (including phenoxy) is 1. The molecule has 0 aliphatic rings. The average Bonchev–Trinajstić information content (AvgIpc) is 1.80. The Morgan fingerprint density at radius 3 is 1.73 bits per heavy atom. The summed E-state index contributed by atoms with van der Waals surface area (Å²) < 4.78 is 33.0. The fourth-order valence-corrected chi connectivity index (χ4v) is 1.15. The van der Waals surface area contributed by atoms with Crippen molar-refractivity contribution in [2.45, 2.75) is 19.6 Å². The molecule has 0 aromatic carbocycles. The van der Waals surface area contributed by atoms with E-state index >= 15 is 0 Å². The molecule has 0 atom stereocenters. The lowest BCUT2D eigenvalue weighted by Crippen LogP contribution is -2.25. The molecule has 0 heterocycles. The van der Waals surface area contributed by atoms with E-state index in [1.54, 1.807) is 19.6 Å². The molecule has 0 aromatic heterocycles. The van der Waals surface area contributed by atoms with Crippen LogP contribution in [0, 0.1) is 0 Å². The number of hydrogen-bond acceptors (Lipinski definition) is 2. The second kappa shape index (κ2) is 3.71. The van der Waals surface area contributed by atoms with Gasteiger partial charge in [-0.05, 0) is 19.6 Å². The van der Waals surface area contributed by atoms with Gasteiger partial charge in [0, 0.05) is 0 Å². The van der Waals surface area contributed by atoms with E-state index in [-0.39, 0.29) is 0 Å². The van der Waals surface area contributed by atoms with Crippen molar-refractivity contribution in [1.82, 2.24) is 0 Å². The highest BCUT2D eigenvalue weighted by Crippen LogP contribution is 2.15. The first-order valence-corrected chi connectivity index (χ1v) is 6.56. The highest BCUT2D eigenvalue weighted by molar-refractivity contribution is 6.69. The van der Waals surface area contributed by atoms with Gasteiger partial charge < -0.3 is 9.16 Å². The molecule has 0 N–H and O–H groups in total. The lowest BCUT2D eigenvalue weighted by molar-refractivity contribution is 0.116. The maximum Gasteiger partial charge on any atom is 0.348 e. The average molecular weight is 182 g/mol. The molecule has 0 aliphatic carbocycles. The van der Waals surface area contributed by atoms with E-state index in [2.05, 4.69) is 4.74 Å². The Labute approximate surface area is 65.9 Å². The molecule has 0 spiro atoms. The molecule has 0 fully saturated rings. The van der Waals surface area contributed by atoms with E-state index in [0.717, 1.165) is 7.11 Å². The van der Waals surface area contributed by atoms with Gasteiger partial charge in [-0.15, -0.1) is 0 Å². The van der Waals surface area contributed by atoms with Gasteiger partial charge in [-0.25, -0.2) is 0 Å². The summed E-state index contributed by atoms with van der Waals surface area (Å²) in [5, 5.41) is 0. The lowest BCUT2D eigenvalue weighted by Gasteiger charge is -2.18. The van der Waals surface area contributed by atoms with Crippen LogP contribution < -0.4 is 0 Å². The van der Waals surface area contributed by atoms with Crippen molar-refractivity contribution in [3.05, 3.63) is 12.0 Å². The van der Waals surface area contributed by atoms with Crippen LogP contribution in [0.1, 0.15) is 0 Å². The van der Waals surface area contributed by atoms with Gasteiger partial charge >= 0.3 is 12.0 Å². The van der Waals surface area contributed by atoms with Gasteiger partial charge in [-0.2, -0.15) is 8.78 Å². The van der Waals surface area contributed by atoms with E-state index in [4.69, 9.17) is 4.43 Å². The van der Waals surface area contributed by atoms with Crippen molar-refractivity contribution in [3.63, 3.8) is 0 Å². The molecule has 0 aliphatic heterocycles. The van der Waals surface area contributed by atoms with Gasteiger partial charge in [0.1, 0.15) is 0 Å². The molecule has 0 unspecified atom stereocenters. The fourth-order valence-electron chi connectivity index (χ4n) is 0.435. The van der Waals surface area contributed by atoms with Crippen LogP contribution in [-0.2, 0) is 9.16 Å². The number of halogens is 2. The molecule has 66 valence electrons. The Morgan fingerprint density at radius 2 is 1.64 bits per heavy atom. The minimum absolute atomic E-state index is 0.649. The van der Waals surface area contributed by atoms with Gasteiger partial charge in [0.15, 0.2) is 0 Å². The molecule has 0 radical (unpaired) electrons. The highest BCUT2D eigenvalue weighted by atomic mass is 28.4. The van der Waals surface area contributed by atoms with E-state index < -0.39 is 20.3 Å². The third-order valence-corrected chi connectivity index (χ3v) is 1.54. The minimum Gasteiger partial charge on any atom is -0.516 e. The summed E-state index contributed by atoms with van der Waals surface area (Å²) in [5.41, 5.74) is 0.